The van der Waals surface area contributed by atoms with Crippen LogP contribution in [-0.2, 0) is 0 Å². The van der Waals surface area contributed by atoms with Gasteiger partial charge in [0.2, 0.25) is 0 Å². The summed E-state index contributed by atoms with van der Waals surface area (Å²) in [6.07, 6.45) is 0. The SMILES string of the molecule is [B][B][B][B][B][B][B][B][B][B][B][B]I.[H-].[Na+]. The van der Waals surface area contributed by atoms with Crippen LogP contribution < -0.4 is 29.6 Å². The normalized spacial score (nSPS) is 6.64. The van der Waals surface area contributed by atoms with Gasteiger partial charge in [0, 0.05) is 78.3 Å². The van der Waals surface area contributed by atoms with E-state index in [0.29, 0.717) is 0 Å². The van der Waals surface area contributed by atoms with Gasteiger partial charge in [-0.3, -0.25) is 0 Å². The van der Waals surface area contributed by atoms with Gasteiger partial charge in [-0.15, -0.1) is 0 Å². The Hall–Kier alpha value is 2.51. The van der Waals surface area contributed by atoms with Crippen LogP contribution in [0.15, 0.2) is 0 Å². The van der Waals surface area contributed by atoms with Crippen molar-refractivity contribution in [1.29, 1.82) is 0 Å². The van der Waals surface area contributed by atoms with Gasteiger partial charge in [-0.25, -0.2) is 0 Å². The monoisotopic (exact) mass is 283 g/mol. The zero-order chi connectivity index (χ0) is 9.78. The van der Waals surface area contributed by atoms with E-state index < -0.39 is 0 Å². The fraction of sp³-hybridized carbons (Fsp3) is 0. The first-order chi connectivity index (χ1) is 6.41. The molecule has 0 nitrogen and oxygen atoms in total. The molecular weight excluding hydrogens is 280 g/mol. The van der Waals surface area contributed by atoms with E-state index in [-0.39, 0.29) is 31.0 Å². The minimum absolute atomic E-state index is 0. The van der Waals surface area contributed by atoms with Crippen molar-refractivity contribution in [3.05, 3.63) is 0 Å². The van der Waals surface area contributed by atoms with Crippen LogP contribution in [0.25, 0.3) is 0 Å². The van der Waals surface area contributed by atoms with Crippen LogP contribution in [0.4, 0.5) is 0 Å². The van der Waals surface area contributed by atoms with E-state index in [4.69, 9.17) is 7.74 Å². The average molecular weight is 281 g/mol. The van der Waals surface area contributed by atoms with Gasteiger partial charge in [-0.05, 0) is 0 Å². The van der Waals surface area contributed by atoms with Gasteiger partial charge >= 0.3 is 29.6 Å². The zero-order valence-electron chi connectivity index (χ0n) is 9.31. The maximum absolute atomic E-state index is 5.14. The van der Waals surface area contributed by atoms with Crippen LogP contribution in [0.5, 0.6) is 0 Å². The van der Waals surface area contributed by atoms with E-state index in [1.165, 1.54) is 7.06 Å². The summed E-state index contributed by atoms with van der Waals surface area (Å²) in [6, 6.07) is 0. The summed E-state index contributed by atoms with van der Waals surface area (Å²) in [4.78, 5) is 0. The quantitative estimate of drug-likeness (QED) is 0.212. The number of rotatable bonds is 10. The standard InChI is InChI=1S/B12I.Na.H/c1-2-3-4-5-6-7-8-9-10-11-12-13;;/q;+1;-1. The third kappa shape index (κ3) is 16.9. The molecule has 0 aromatic heterocycles. The average Bonchev–Trinajstić information content (AvgIpc) is 2.16. The maximum Gasteiger partial charge on any atom is 1.00 e. The molecule has 0 rings (SSSR count). The molecule has 0 aliphatic rings. The van der Waals surface area contributed by atoms with E-state index in [1.807, 2.05) is 61.5 Å². The summed E-state index contributed by atoms with van der Waals surface area (Å²) in [5.41, 5.74) is 0. The first-order valence-corrected chi connectivity index (χ1v) is 5.13. The van der Waals surface area contributed by atoms with E-state index in [9.17, 15) is 0 Å². The molecule has 0 saturated heterocycles. The Morgan fingerprint density at radius 3 is 1.43 bits per heavy atom. The summed E-state index contributed by atoms with van der Waals surface area (Å²) >= 11 is 2.18. The minimum Gasteiger partial charge on any atom is -1.00 e. The van der Waals surface area contributed by atoms with Crippen molar-refractivity contribution in [2.45, 2.75) is 0 Å². The van der Waals surface area contributed by atoms with Crippen LogP contribution in [0.2, 0.25) is 0 Å². The number of halogens is 1. The molecule has 0 unspecified atom stereocenters. The Morgan fingerprint density at radius 2 is 1.07 bits per heavy atom. The number of hydrogen-bond acceptors (Lipinski definition) is 0. The van der Waals surface area contributed by atoms with Gasteiger partial charge in [0.05, 0.1) is 0 Å². The molecule has 0 atom stereocenters. The second kappa shape index (κ2) is 17.9. The van der Waals surface area contributed by atoms with Crippen LogP contribution in [-0.4, -0.2) is 83.4 Å². The molecule has 0 heterocycles. The van der Waals surface area contributed by atoms with Crippen molar-refractivity contribution < 1.29 is 31.0 Å². The van der Waals surface area contributed by atoms with Crippen molar-refractivity contribution in [2.75, 3.05) is 0 Å². The summed E-state index contributed by atoms with van der Waals surface area (Å²) in [6.45, 7) is 0. The number of hydrogen-bond donors (Lipinski definition) is 0. The Balaban J connectivity index is -0.000000720. The molecule has 0 fully saturated rings. The molecule has 0 N–H and O–H groups in total. The van der Waals surface area contributed by atoms with Crippen molar-refractivity contribution in [2.24, 2.45) is 0 Å². The van der Waals surface area contributed by atoms with Crippen LogP contribution in [0.1, 0.15) is 1.43 Å². The molecule has 0 aromatic carbocycles. The molecule has 0 aliphatic heterocycles. The second-order valence-electron chi connectivity index (χ2n) is 2.05. The summed E-state index contributed by atoms with van der Waals surface area (Å²) in [5, 5.41) is 1.96. The Bertz CT molecular complexity index is 81.7. The van der Waals surface area contributed by atoms with Gasteiger partial charge < -0.3 is 1.43 Å². The van der Waals surface area contributed by atoms with Gasteiger partial charge in [-0.1, -0.05) is 0 Å². The first kappa shape index (κ1) is 18.9. The van der Waals surface area contributed by atoms with Gasteiger partial charge in [0.15, 0.2) is 0 Å². The summed E-state index contributed by atoms with van der Waals surface area (Å²) in [7, 11) is 24.0. The molecule has 0 aromatic rings. The van der Waals surface area contributed by atoms with E-state index >= 15 is 0 Å². The van der Waals surface area contributed by atoms with Crippen molar-refractivity contribution >= 4 is 106 Å². The fourth-order valence-corrected chi connectivity index (χ4v) is 0.795. The fourth-order valence-electron chi connectivity index (χ4n) is 0.555. The van der Waals surface area contributed by atoms with Crippen LogP contribution in [0, 0.1) is 0 Å². The molecule has 0 aliphatic carbocycles. The van der Waals surface area contributed by atoms with Crippen molar-refractivity contribution in [3.8, 4) is 0 Å². The van der Waals surface area contributed by atoms with E-state index in [0.717, 1.165) is 0 Å². The molecule has 45 valence electrons. The van der Waals surface area contributed by atoms with Crippen LogP contribution >= 0.6 is 22.4 Å². The van der Waals surface area contributed by atoms with Gasteiger partial charge in [-0.2, -0.15) is 22.4 Å². The molecule has 14 heteroatoms. The molecule has 0 spiro atoms. The Labute approximate surface area is 135 Å². The predicted octanol–water partition coefficient (Wildman–Crippen LogP) is -6.57. The molecule has 13 radical (unpaired) electrons. The summed E-state index contributed by atoms with van der Waals surface area (Å²) < 4.78 is 0. The summed E-state index contributed by atoms with van der Waals surface area (Å²) in [5.74, 6) is 0. The maximum atomic E-state index is 5.14. The largest absolute Gasteiger partial charge is 1.00 e. The Kier molecular flexibility index (Phi) is 24.1. The topological polar surface area (TPSA) is 0 Å². The minimum atomic E-state index is 0. The first-order valence-electron chi connectivity index (χ1n) is 3.88. The zero-order valence-corrected chi connectivity index (χ0v) is 12.5. The van der Waals surface area contributed by atoms with E-state index in [2.05, 4.69) is 22.4 Å². The third-order valence-electron chi connectivity index (χ3n) is 1.07. The second-order valence-corrected chi connectivity index (χ2v) is 2.77. The molecule has 0 amide bonds. The Morgan fingerprint density at radius 1 is 0.714 bits per heavy atom. The molecule has 14 heavy (non-hydrogen) atoms. The van der Waals surface area contributed by atoms with Crippen molar-refractivity contribution in [1.82, 2.24) is 0 Å². The van der Waals surface area contributed by atoms with Crippen LogP contribution in [0.3, 0.4) is 0 Å². The smallest absolute Gasteiger partial charge is 1.00 e. The molecular formula is HB12INa. The predicted molar refractivity (Wildman–Crippen MR) is 84.2 cm³/mol. The van der Waals surface area contributed by atoms with Gasteiger partial charge in [0.1, 0.15) is 5.03 Å². The van der Waals surface area contributed by atoms with E-state index in [1.54, 1.807) is 7.06 Å². The van der Waals surface area contributed by atoms with Gasteiger partial charge in [0.25, 0.3) is 0 Å². The van der Waals surface area contributed by atoms with Crippen molar-refractivity contribution in [3.63, 3.8) is 0 Å². The molecule has 0 saturated carbocycles. The third-order valence-corrected chi connectivity index (χ3v) is 1.49. The molecule has 0 bridgehead atoms.